The molecule has 0 aromatic heterocycles. The van der Waals surface area contributed by atoms with Gasteiger partial charge in [-0.3, -0.25) is 4.79 Å². The lowest BCUT2D eigenvalue weighted by atomic mass is 10.0. The van der Waals surface area contributed by atoms with Gasteiger partial charge in [0.15, 0.2) is 0 Å². The SMILES string of the molecule is CC(=O)C1CCCCN1S(=O)(=O)NC1CC1. The molecule has 5 nitrogen and oxygen atoms in total. The Kier molecular flexibility index (Phi) is 3.32. The lowest BCUT2D eigenvalue weighted by Crippen LogP contribution is -2.52. The smallest absolute Gasteiger partial charge is 0.280 e. The van der Waals surface area contributed by atoms with Crippen LogP contribution in [0.2, 0.25) is 0 Å². The first kappa shape index (κ1) is 12.0. The average molecular weight is 246 g/mol. The molecule has 0 amide bonds. The van der Waals surface area contributed by atoms with E-state index in [1.54, 1.807) is 0 Å². The third-order valence-corrected chi connectivity index (χ3v) is 4.81. The van der Waals surface area contributed by atoms with Crippen LogP contribution in [0.5, 0.6) is 0 Å². The average Bonchev–Trinajstić information content (AvgIpc) is 3.01. The van der Waals surface area contributed by atoms with E-state index in [9.17, 15) is 13.2 Å². The van der Waals surface area contributed by atoms with Crippen molar-refractivity contribution in [1.29, 1.82) is 0 Å². The van der Waals surface area contributed by atoms with E-state index in [0.717, 1.165) is 25.7 Å². The first-order valence-corrected chi connectivity index (χ1v) is 7.24. The highest BCUT2D eigenvalue weighted by molar-refractivity contribution is 7.87. The number of ketones is 1. The van der Waals surface area contributed by atoms with Gasteiger partial charge < -0.3 is 0 Å². The number of carbonyl (C=O) groups is 1. The summed E-state index contributed by atoms with van der Waals surface area (Å²) in [5.41, 5.74) is 0. The molecule has 1 aliphatic heterocycles. The Balaban J connectivity index is 2.11. The molecular weight excluding hydrogens is 228 g/mol. The second kappa shape index (κ2) is 4.43. The number of nitrogens with zero attached hydrogens (tertiary/aromatic N) is 1. The maximum absolute atomic E-state index is 12.0. The predicted octanol–water partition coefficient (Wildman–Crippen LogP) is 0.427. The van der Waals surface area contributed by atoms with Crippen LogP contribution in [0.25, 0.3) is 0 Å². The molecule has 2 aliphatic rings. The summed E-state index contributed by atoms with van der Waals surface area (Å²) in [7, 11) is -3.45. The van der Waals surface area contributed by atoms with Gasteiger partial charge in [-0.25, -0.2) is 0 Å². The second-order valence-electron chi connectivity index (χ2n) is 4.63. The summed E-state index contributed by atoms with van der Waals surface area (Å²) in [4.78, 5) is 11.4. The molecule has 0 aromatic carbocycles. The van der Waals surface area contributed by atoms with E-state index in [-0.39, 0.29) is 11.8 Å². The van der Waals surface area contributed by atoms with Crippen LogP contribution >= 0.6 is 0 Å². The molecule has 2 fully saturated rings. The summed E-state index contributed by atoms with van der Waals surface area (Å²) in [6.45, 7) is 1.93. The van der Waals surface area contributed by atoms with Crippen LogP contribution in [-0.4, -0.2) is 37.1 Å². The fourth-order valence-corrected chi connectivity index (χ4v) is 3.83. The topological polar surface area (TPSA) is 66.5 Å². The van der Waals surface area contributed by atoms with Gasteiger partial charge >= 0.3 is 0 Å². The molecule has 1 saturated carbocycles. The lowest BCUT2D eigenvalue weighted by Gasteiger charge is -2.32. The molecule has 1 aliphatic carbocycles. The van der Waals surface area contributed by atoms with Crippen LogP contribution in [0.15, 0.2) is 0 Å². The molecule has 2 rings (SSSR count). The van der Waals surface area contributed by atoms with Gasteiger partial charge in [-0.1, -0.05) is 6.42 Å². The van der Waals surface area contributed by atoms with Gasteiger partial charge in [-0.15, -0.1) is 0 Å². The zero-order chi connectivity index (χ0) is 11.8. The Hall–Kier alpha value is -0.460. The van der Waals surface area contributed by atoms with Crippen molar-refractivity contribution < 1.29 is 13.2 Å². The number of rotatable bonds is 4. The largest absolute Gasteiger partial charge is 0.298 e. The Labute approximate surface area is 96.4 Å². The maximum Gasteiger partial charge on any atom is 0.280 e. The number of hydrogen-bond acceptors (Lipinski definition) is 3. The van der Waals surface area contributed by atoms with E-state index in [2.05, 4.69) is 4.72 Å². The van der Waals surface area contributed by atoms with Crippen LogP contribution in [0, 0.1) is 0 Å². The zero-order valence-electron chi connectivity index (χ0n) is 9.48. The van der Waals surface area contributed by atoms with Crippen molar-refractivity contribution in [3.8, 4) is 0 Å². The molecule has 1 N–H and O–H groups in total. The summed E-state index contributed by atoms with van der Waals surface area (Å²) in [6.07, 6.45) is 4.26. The molecule has 0 bridgehead atoms. The summed E-state index contributed by atoms with van der Waals surface area (Å²) in [6, 6.07) is -0.357. The van der Waals surface area contributed by atoms with Crippen molar-refractivity contribution in [2.75, 3.05) is 6.54 Å². The van der Waals surface area contributed by atoms with Crippen LogP contribution < -0.4 is 4.72 Å². The van der Waals surface area contributed by atoms with E-state index in [4.69, 9.17) is 0 Å². The van der Waals surface area contributed by atoms with E-state index < -0.39 is 16.3 Å². The molecular formula is C10H18N2O3S. The summed E-state index contributed by atoms with van der Waals surface area (Å²) in [5, 5.41) is 0. The van der Waals surface area contributed by atoms with E-state index in [1.807, 2.05) is 0 Å². The van der Waals surface area contributed by atoms with Crippen LogP contribution in [-0.2, 0) is 15.0 Å². The van der Waals surface area contributed by atoms with Gasteiger partial charge in [0.1, 0.15) is 5.78 Å². The Morgan fingerprint density at radius 3 is 2.50 bits per heavy atom. The highest BCUT2D eigenvalue weighted by atomic mass is 32.2. The van der Waals surface area contributed by atoms with Crippen molar-refractivity contribution >= 4 is 16.0 Å². The van der Waals surface area contributed by atoms with E-state index in [0.29, 0.717) is 13.0 Å². The quantitative estimate of drug-likeness (QED) is 0.782. The summed E-state index contributed by atoms with van der Waals surface area (Å²) >= 11 is 0. The fraction of sp³-hybridized carbons (Fsp3) is 0.900. The first-order valence-electron chi connectivity index (χ1n) is 5.80. The standard InChI is InChI=1S/C10H18N2O3S/c1-8(13)10-4-2-3-7-12(10)16(14,15)11-9-5-6-9/h9-11H,2-7H2,1H3. The molecule has 1 atom stereocenters. The highest BCUT2D eigenvalue weighted by Gasteiger charge is 2.37. The third-order valence-electron chi connectivity index (χ3n) is 3.12. The Morgan fingerprint density at radius 2 is 1.94 bits per heavy atom. The second-order valence-corrected chi connectivity index (χ2v) is 6.28. The molecule has 1 unspecified atom stereocenters. The summed E-state index contributed by atoms with van der Waals surface area (Å²) in [5.74, 6) is -0.0547. The van der Waals surface area contributed by atoms with E-state index >= 15 is 0 Å². The van der Waals surface area contributed by atoms with Crippen LogP contribution in [0.3, 0.4) is 0 Å². The van der Waals surface area contributed by atoms with Gasteiger partial charge in [-0.2, -0.15) is 17.4 Å². The van der Waals surface area contributed by atoms with E-state index in [1.165, 1.54) is 11.2 Å². The number of carbonyl (C=O) groups excluding carboxylic acids is 1. The molecule has 16 heavy (non-hydrogen) atoms. The molecule has 92 valence electrons. The predicted molar refractivity (Wildman–Crippen MR) is 60.1 cm³/mol. The molecule has 0 aromatic rings. The van der Waals surface area contributed by atoms with Gasteiger partial charge in [0.25, 0.3) is 10.2 Å². The third kappa shape index (κ3) is 2.61. The minimum absolute atomic E-state index is 0.0547. The molecule has 1 saturated heterocycles. The van der Waals surface area contributed by atoms with Crippen LogP contribution in [0.4, 0.5) is 0 Å². The molecule has 0 radical (unpaired) electrons. The minimum Gasteiger partial charge on any atom is -0.298 e. The van der Waals surface area contributed by atoms with Crippen molar-refractivity contribution in [3.05, 3.63) is 0 Å². The van der Waals surface area contributed by atoms with Crippen molar-refractivity contribution in [2.24, 2.45) is 0 Å². The summed E-state index contributed by atoms with van der Waals surface area (Å²) < 4.78 is 28.0. The Bertz CT molecular complexity index is 376. The number of piperidine rings is 1. The van der Waals surface area contributed by atoms with Gasteiger partial charge in [0, 0.05) is 12.6 Å². The van der Waals surface area contributed by atoms with Crippen molar-refractivity contribution in [3.63, 3.8) is 0 Å². The number of nitrogens with one attached hydrogen (secondary N) is 1. The fourth-order valence-electron chi connectivity index (χ4n) is 2.08. The van der Waals surface area contributed by atoms with Gasteiger partial charge in [0.05, 0.1) is 6.04 Å². The minimum atomic E-state index is -3.45. The highest BCUT2D eigenvalue weighted by Crippen LogP contribution is 2.24. The lowest BCUT2D eigenvalue weighted by molar-refractivity contribution is -0.121. The number of hydrogen-bond donors (Lipinski definition) is 1. The van der Waals surface area contributed by atoms with Crippen molar-refractivity contribution in [2.45, 2.75) is 51.1 Å². The van der Waals surface area contributed by atoms with Crippen LogP contribution in [0.1, 0.15) is 39.0 Å². The zero-order valence-corrected chi connectivity index (χ0v) is 10.3. The monoisotopic (exact) mass is 246 g/mol. The number of Topliss-reactive ketones (excluding diaryl/α,β-unsaturated/α-hetero) is 1. The molecule has 6 heteroatoms. The Morgan fingerprint density at radius 1 is 1.25 bits per heavy atom. The maximum atomic E-state index is 12.0. The first-order chi connectivity index (χ1) is 7.50. The molecule has 0 spiro atoms. The van der Waals surface area contributed by atoms with Crippen molar-refractivity contribution in [1.82, 2.24) is 9.03 Å². The van der Waals surface area contributed by atoms with Gasteiger partial charge in [-0.05, 0) is 32.6 Å². The normalized spacial score (nSPS) is 27.9. The van der Waals surface area contributed by atoms with Gasteiger partial charge in [0.2, 0.25) is 0 Å². The molecule has 1 heterocycles.